The lowest BCUT2D eigenvalue weighted by Crippen LogP contribution is -2.29. The van der Waals surface area contributed by atoms with Crippen LogP contribution in [0.4, 0.5) is 0 Å². The van der Waals surface area contributed by atoms with Crippen LogP contribution in [0, 0.1) is 19.8 Å². The van der Waals surface area contributed by atoms with Gasteiger partial charge in [-0.25, -0.2) is 4.98 Å². The fraction of sp³-hybridized carbons (Fsp3) is 0.562. The Morgan fingerprint density at radius 2 is 1.89 bits per heavy atom. The molecule has 3 nitrogen and oxygen atoms in total. The van der Waals surface area contributed by atoms with Gasteiger partial charge in [-0.05, 0) is 69.0 Å². The van der Waals surface area contributed by atoms with Crippen molar-refractivity contribution in [1.29, 1.82) is 0 Å². The number of aryl methyl sites for hydroxylation is 3. The Morgan fingerprint density at radius 3 is 2.63 bits per heavy atom. The molecule has 3 rings (SSSR count). The van der Waals surface area contributed by atoms with Gasteiger partial charge in [-0.1, -0.05) is 0 Å². The smallest absolute Gasteiger partial charge is 0.109 e. The molecule has 1 saturated heterocycles. The number of hydrogen-bond donors (Lipinski definition) is 1. The number of fused-ring (bicyclic) bond motifs is 1. The van der Waals surface area contributed by atoms with Crippen molar-refractivity contribution in [3.63, 3.8) is 0 Å². The molecule has 0 bridgehead atoms. The summed E-state index contributed by atoms with van der Waals surface area (Å²) in [6.07, 6.45) is 3.67. The Bertz CT molecular complexity index is 592. The van der Waals surface area contributed by atoms with Crippen LogP contribution in [-0.4, -0.2) is 22.6 Å². The molecule has 1 aromatic heterocycles. The zero-order chi connectivity index (χ0) is 13.4. The van der Waals surface area contributed by atoms with Gasteiger partial charge in [-0.2, -0.15) is 0 Å². The molecular weight excluding hydrogens is 234 g/mol. The molecule has 1 fully saturated rings. The van der Waals surface area contributed by atoms with Gasteiger partial charge in [0.1, 0.15) is 5.82 Å². The third-order valence-corrected chi connectivity index (χ3v) is 4.52. The molecule has 102 valence electrons. The zero-order valence-corrected chi connectivity index (χ0v) is 12.2. The quantitative estimate of drug-likeness (QED) is 0.896. The van der Waals surface area contributed by atoms with Crippen LogP contribution < -0.4 is 5.32 Å². The first kappa shape index (κ1) is 12.7. The Balaban J connectivity index is 1.93. The Kier molecular flexibility index (Phi) is 3.31. The number of piperidine rings is 1. The molecule has 2 heterocycles. The standard InChI is InChI=1S/C16H23N3/c1-11-8-14-15(9-12(11)2)19(3)16(18-14)10-13-4-6-17-7-5-13/h8-9,13,17H,4-7,10H2,1-3H3. The molecule has 0 aliphatic carbocycles. The number of imidazole rings is 1. The Hall–Kier alpha value is -1.35. The highest BCUT2D eigenvalue weighted by Crippen LogP contribution is 2.23. The third kappa shape index (κ3) is 2.39. The average Bonchev–Trinajstić information content (AvgIpc) is 2.69. The molecule has 19 heavy (non-hydrogen) atoms. The summed E-state index contributed by atoms with van der Waals surface area (Å²) in [6.45, 7) is 6.66. The van der Waals surface area contributed by atoms with Crippen molar-refractivity contribution in [3.8, 4) is 0 Å². The molecule has 3 heteroatoms. The molecule has 0 atom stereocenters. The first-order chi connectivity index (χ1) is 9.15. The Morgan fingerprint density at radius 1 is 1.21 bits per heavy atom. The summed E-state index contributed by atoms with van der Waals surface area (Å²) in [5.41, 5.74) is 5.10. The molecule has 0 unspecified atom stereocenters. The van der Waals surface area contributed by atoms with E-state index in [1.54, 1.807) is 0 Å². The summed E-state index contributed by atoms with van der Waals surface area (Å²) < 4.78 is 2.28. The molecule has 2 aromatic rings. The van der Waals surface area contributed by atoms with Crippen LogP contribution in [-0.2, 0) is 13.5 Å². The summed E-state index contributed by atoms with van der Waals surface area (Å²) in [6, 6.07) is 4.49. The van der Waals surface area contributed by atoms with Crippen LogP contribution >= 0.6 is 0 Å². The second kappa shape index (κ2) is 4.97. The van der Waals surface area contributed by atoms with Crippen molar-refractivity contribution in [2.75, 3.05) is 13.1 Å². The van der Waals surface area contributed by atoms with Crippen LogP contribution in [0.2, 0.25) is 0 Å². The van der Waals surface area contributed by atoms with Crippen LogP contribution in [0.1, 0.15) is 29.8 Å². The van der Waals surface area contributed by atoms with Crippen LogP contribution in [0.25, 0.3) is 11.0 Å². The van der Waals surface area contributed by atoms with E-state index in [1.165, 1.54) is 35.3 Å². The van der Waals surface area contributed by atoms with E-state index in [0.29, 0.717) is 0 Å². The lowest BCUT2D eigenvalue weighted by Gasteiger charge is -2.22. The molecule has 1 aliphatic rings. The normalized spacial score (nSPS) is 17.2. The van der Waals surface area contributed by atoms with Gasteiger partial charge in [0, 0.05) is 13.5 Å². The van der Waals surface area contributed by atoms with Crippen LogP contribution in [0.3, 0.4) is 0 Å². The van der Waals surface area contributed by atoms with Crippen molar-refractivity contribution in [2.24, 2.45) is 13.0 Å². The number of aromatic nitrogens is 2. The minimum atomic E-state index is 0.791. The lowest BCUT2D eigenvalue weighted by molar-refractivity contribution is 0.365. The second-order valence-corrected chi connectivity index (χ2v) is 5.91. The minimum Gasteiger partial charge on any atom is -0.331 e. The molecular formula is C16H23N3. The van der Waals surface area contributed by atoms with E-state index in [4.69, 9.17) is 4.98 Å². The average molecular weight is 257 g/mol. The maximum atomic E-state index is 4.85. The van der Waals surface area contributed by atoms with Crippen molar-refractivity contribution in [3.05, 3.63) is 29.1 Å². The van der Waals surface area contributed by atoms with Crippen molar-refractivity contribution in [1.82, 2.24) is 14.9 Å². The zero-order valence-electron chi connectivity index (χ0n) is 12.2. The van der Waals surface area contributed by atoms with Crippen LogP contribution in [0.5, 0.6) is 0 Å². The fourth-order valence-electron chi connectivity index (χ4n) is 3.02. The monoisotopic (exact) mass is 257 g/mol. The molecule has 1 N–H and O–H groups in total. The SMILES string of the molecule is Cc1cc2nc(CC3CCNCC3)n(C)c2cc1C. The summed E-state index contributed by atoms with van der Waals surface area (Å²) in [5.74, 6) is 2.03. The molecule has 1 aliphatic heterocycles. The highest BCUT2D eigenvalue weighted by molar-refractivity contribution is 5.78. The predicted octanol–water partition coefficient (Wildman–Crippen LogP) is 2.73. The van der Waals surface area contributed by atoms with E-state index < -0.39 is 0 Å². The van der Waals surface area contributed by atoms with Gasteiger partial charge in [-0.3, -0.25) is 0 Å². The van der Waals surface area contributed by atoms with Gasteiger partial charge >= 0.3 is 0 Å². The number of nitrogens with one attached hydrogen (secondary N) is 1. The maximum absolute atomic E-state index is 4.85. The summed E-state index contributed by atoms with van der Waals surface area (Å²) in [7, 11) is 2.15. The van der Waals surface area contributed by atoms with Crippen molar-refractivity contribution >= 4 is 11.0 Å². The van der Waals surface area contributed by atoms with Gasteiger partial charge in [-0.15, -0.1) is 0 Å². The topological polar surface area (TPSA) is 29.9 Å². The molecule has 0 saturated carbocycles. The summed E-state index contributed by atoms with van der Waals surface area (Å²) in [4.78, 5) is 4.85. The van der Waals surface area contributed by atoms with E-state index in [1.807, 2.05) is 0 Å². The maximum Gasteiger partial charge on any atom is 0.109 e. The molecule has 0 radical (unpaired) electrons. The molecule has 0 amide bonds. The van der Waals surface area contributed by atoms with E-state index in [0.717, 1.165) is 30.9 Å². The van der Waals surface area contributed by atoms with Crippen molar-refractivity contribution < 1.29 is 0 Å². The largest absolute Gasteiger partial charge is 0.331 e. The third-order valence-electron chi connectivity index (χ3n) is 4.52. The van der Waals surface area contributed by atoms with Crippen molar-refractivity contribution in [2.45, 2.75) is 33.1 Å². The van der Waals surface area contributed by atoms with Gasteiger partial charge in [0.25, 0.3) is 0 Å². The van der Waals surface area contributed by atoms with Crippen LogP contribution in [0.15, 0.2) is 12.1 Å². The second-order valence-electron chi connectivity index (χ2n) is 5.91. The highest BCUT2D eigenvalue weighted by Gasteiger charge is 2.17. The molecule has 0 spiro atoms. The van der Waals surface area contributed by atoms with Gasteiger partial charge < -0.3 is 9.88 Å². The highest BCUT2D eigenvalue weighted by atomic mass is 15.1. The number of rotatable bonds is 2. The van der Waals surface area contributed by atoms with Gasteiger partial charge in [0.15, 0.2) is 0 Å². The summed E-state index contributed by atoms with van der Waals surface area (Å²) >= 11 is 0. The number of hydrogen-bond acceptors (Lipinski definition) is 2. The number of benzene rings is 1. The van der Waals surface area contributed by atoms with E-state index in [-0.39, 0.29) is 0 Å². The summed E-state index contributed by atoms with van der Waals surface area (Å²) in [5, 5.41) is 3.43. The minimum absolute atomic E-state index is 0.791. The Labute approximate surface area is 115 Å². The predicted molar refractivity (Wildman–Crippen MR) is 79.5 cm³/mol. The lowest BCUT2D eigenvalue weighted by atomic mass is 9.94. The van der Waals surface area contributed by atoms with E-state index in [9.17, 15) is 0 Å². The number of nitrogens with zero attached hydrogens (tertiary/aromatic N) is 2. The fourth-order valence-corrected chi connectivity index (χ4v) is 3.02. The van der Waals surface area contributed by atoms with E-state index in [2.05, 4.69) is 42.9 Å². The molecule has 1 aromatic carbocycles. The van der Waals surface area contributed by atoms with Gasteiger partial charge in [0.05, 0.1) is 11.0 Å². The first-order valence-electron chi connectivity index (χ1n) is 7.28. The van der Waals surface area contributed by atoms with E-state index >= 15 is 0 Å². The first-order valence-corrected chi connectivity index (χ1v) is 7.28. The van der Waals surface area contributed by atoms with Gasteiger partial charge in [0.2, 0.25) is 0 Å².